The van der Waals surface area contributed by atoms with Crippen molar-refractivity contribution in [2.24, 2.45) is 5.73 Å². The van der Waals surface area contributed by atoms with E-state index in [1.165, 1.54) is 11.1 Å². The van der Waals surface area contributed by atoms with Gasteiger partial charge in [0.1, 0.15) is 0 Å². The third kappa shape index (κ3) is 4.03. The highest BCUT2D eigenvalue weighted by molar-refractivity contribution is 5.26. The van der Waals surface area contributed by atoms with Crippen LogP contribution >= 0.6 is 0 Å². The molecular formula is C16H27N3. The average Bonchev–Trinajstić information content (AvgIpc) is 2.39. The van der Waals surface area contributed by atoms with Crippen LogP contribution in [0.15, 0.2) is 24.3 Å². The molecule has 0 aromatic heterocycles. The van der Waals surface area contributed by atoms with Crippen molar-refractivity contribution < 1.29 is 0 Å². The number of benzene rings is 1. The molecule has 2 atom stereocenters. The van der Waals surface area contributed by atoms with Gasteiger partial charge in [0, 0.05) is 31.7 Å². The van der Waals surface area contributed by atoms with Crippen LogP contribution in [0, 0.1) is 0 Å². The number of likely N-dealkylation sites (N-methyl/N-ethyl adjacent to an activating group) is 1. The number of nitrogens with zero attached hydrogens (tertiary/aromatic N) is 1. The number of piperazine rings is 1. The molecule has 2 rings (SSSR count). The first-order valence-corrected chi connectivity index (χ1v) is 7.33. The van der Waals surface area contributed by atoms with Crippen molar-refractivity contribution >= 4 is 0 Å². The van der Waals surface area contributed by atoms with E-state index in [9.17, 15) is 0 Å². The van der Waals surface area contributed by atoms with Crippen LogP contribution in [-0.4, -0.2) is 37.6 Å². The Kier molecular flexibility index (Phi) is 4.97. The number of nitrogens with two attached hydrogens (primary N) is 1. The second-order valence-corrected chi connectivity index (χ2v) is 6.08. The predicted octanol–water partition coefficient (Wildman–Crippen LogP) is 2.10. The molecule has 3 N–H and O–H groups in total. The second kappa shape index (κ2) is 6.51. The minimum absolute atomic E-state index is 0.130. The van der Waals surface area contributed by atoms with E-state index in [1.807, 2.05) is 0 Å². The molecule has 1 heterocycles. The first kappa shape index (κ1) is 14.5. The molecule has 2 unspecified atom stereocenters. The van der Waals surface area contributed by atoms with Gasteiger partial charge in [-0.2, -0.15) is 0 Å². The molecule has 1 saturated heterocycles. The zero-order chi connectivity index (χ0) is 13.8. The number of hydrogen-bond acceptors (Lipinski definition) is 3. The minimum atomic E-state index is 0.130. The van der Waals surface area contributed by atoms with Crippen molar-refractivity contribution in [3.8, 4) is 0 Å². The van der Waals surface area contributed by atoms with Crippen LogP contribution in [0.5, 0.6) is 0 Å². The Morgan fingerprint density at radius 3 is 2.47 bits per heavy atom. The zero-order valence-electron chi connectivity index (χ0n) is 12.4. The molecule has 1 aromatic rings. The summed E-state index contributed by atoms with van der Waals surface area (Å²) in [6.45, 7) is 7.74. The van der Waals surface area contributed by atoms with Crippen LogP contribution in [0.25, 0.3) is 0 Å². The number of nitrogens with one attached hydrogen (secondary N) is 1. The summed E-state index contributed by atoms with van der Waals surface area (Å²) in [5, 5.41) is 3.56. The molecule has 0 spiro atoms. The number of hydrogen-bond donors (Lipinski definition) is 2. The first-order chi connectivity index (χ1) is 9.06. The van der Waals surface area contributed by atoms with Crippen LogP contribution in [0.4, 0.5) is 0 Å². The van der Waals surface area contributed by atoms with Crippen LogP contribution in [0.3, 0.4) is 0 Å². The van der Waals surface area contributed by atoms with E-state index in [4.69, 9.17) is 5.73 Å². The quantitative estimate of drug-likeness (QED) is 0.872. The lowest BCUT2D eigenvalue weighted by Gasteiger charge is -2.32. The molecular weight excluding hydrogens is 234 g/mol. The van der Waals surface area contributed by atoms with Gasteiger partial charge in [-0.25, -0.2) is 0 Å². The van der Waals surface area contributed by atoms with E-state index in [1.54, 1.807) is 0 Å². The molecule has 19 heavy (non-hydrogen) atoms. The first-order valence-electron chi connectivity index (χ1n) is 7.33. The topological polar surface area (TPSA) is 41.3 Å². The molecule has 3 heteroatoms. The summed E-state index contributed by atoms with van der Waals surface area (Å²) in [6.07, 6.45) is 1.01. The van der Waals surface area contributed by atoms with Gasteiger partial charge >= 0.3 is 0 Å². The second-order valence-electron chi connectivity index (χ2n) is 6.08. The molecule has 1 aromatic carbocycles. The van der Waals surface area contributed by atoms with Crippen LogP contribution < -0.4 is 11.1 Å². The van der Waals surface area contributed by atoms with E-state index in [-0.39, 0.29) is 6.04 Å². The van der Waals surface area contributed by atoms with Gasteiger partial charge in [0.2, 0.25) is 0 Å². The molecule has 0 aliphatic carbocycles. The van der Waals surface area contributed by atoms with Gasteiger partial charge in [-0.05, 0) is 30.5 Å². The van der Waals surface area contributed by atoms with Crippen LogP contribution in [0.1, 0.15) is 43.4 Å². The Labute approximate surface area is 117 Å². The SMILES string of the molecule is CC(C)c1ccc(C(N)CC2CN(C)CCN2)cc1. The van der Waals surface area contributed by atoms with Crippen LogP contribution in [-0.2, 0) is 0 Å². The fourth-order valence-corrected chi connectivity index (χ4v) is 2.72. The lowest BCUT2D eigenvalue weighted by atomic mass is 9.95. The number of rotatable bonds is 4. The molecule has 0 amide bonds. The Morgan fingerprint density at radius 2 is 1.89 bits per heavy atom. The van der Waals surface area contributed by atoms with E-state index < -0.39 is 0 Å². The molecule has 0 bridgehead atoms. The van der Waals surface area contributed by atoms with Gasteiger partial charge in [-0.1, -0.05) is 38.1 Å². The summed E-state index contributed by atoms with van der Waals surface area (Å²) in [5.74, 6) is 0.582. The fourth-order valence-electron chi connectivity index (χ4n) is 2.72. The average molecular weight is 261 g/mol. The molecule has 1 aliphatic heterocycles. The van der Waals surface area contributed by atoms with Gasteiger partial charge in [-0.3, -0.25) is 0 Å². The van der Waals surface area contributed by atoms with Crippen molar-refractivity contribution in [1.82, 2.24) is 10.2 Å². The molecule has 0 radical (unpaired) electrons. The van der Waals surface area contributed by atoms with Gasteiger partial charge in [0.05, 0.1) is 0 Å². The molecule has 1 fully saturated rings. The minimum Gasteiger partial charge on any atom is -0.324 e. The third-order valence-corrected chi connectivity index (χ3v) is 4.03. The maximum atomic E-state index is 6.34. The van der Waals surface area contributed by atoms with E-state index >= 15 is 0 Å². The van der Waals surface area contributed by atoms with E-state index in [2.05, 4.69) is 55.4 Å². The Morgan fingerprint density at radius 1 is 1.26 bits per heavy atom. The zero-order valence-corrected chi connectivity index (χ0v) is 12.4. The smallest absolute Gasteiger partial charge is 0.0310 e. The van der Waals surface area contributed by atoms with E-state index in [0.717, 1.165) is 26.1 Å². The normalized spacial score (nSPS) is 22.7. The predicted molar refractivity (Wildman–Crippen MR) is 81.4 cm³/mol. The highest BCUT2D eigenvalue weighted by Crippen LogP contribution is 2.20. The van der Waals surface area contributed by atoms with Crippen molar-refractivity contribution in [1.29, 1.82) is 0 Å². The third-order valence-electron chi connectivity index (χ3n) is 4.03. The molecule has 106 valence electrons. The summed E-state index contributed by atoms with van der Waals surface area (Å²) >= 11 is 0. The molecule has 0 saturated carbocycles. The summed E-state index contributed by atoms with van der Waals surface area (Å²) in [6, 6.07) is 9.43. The van der Waals surface area contributed by atoms with Crippen molar-refractivity contribution in [3.05, 3.63) is 35.4 Å². The van der Waals surface area contributed by atoms with E-state index in [0.29, 0.717) is 12.0 Å². The lowest BCUT2D eigenvalue weighted by molar-refractivity contribution is 0.226. The molecule has 1 aliphatic rings. The summed E-state index contributed by atoms with van der Waals surface area (Å²) in [5.41, 5.74) is 8.97. The Hall–Kier alpha value is -0.900. The van der Waals surface area contributed by atoms with Gasteiger partial charge < -0.3 is 16.0 Å². The Bertz CT molecular complexity index is 385. The maximum absolute atomic E-state index is 6.34. The lowest BCUT2D eigenvalue weighted by Crippen LogP contribution is -2.49. The maximum Gasteiger partial charge on any atom is 0.0310 e. The van der Waals surface area contributed by atoms with Gasteiger partial charge in [-0.15, -0.1) is 0 Å². The largest absolute Gasteiger partial charge is 0.324 e. The summed E-state index contributed by atoms with van der Waals surface area (Å²) < 4.78 is 0. The van der Waals surface area contributed by atoms with Crippen molar-refractivity contribution in [2.75, 3.05) is 26.7 Å². The summed E-state index contributed by atoms with van der Waals surface area (Å²) in [4.78, 5) is 2.37. The van der Waals surface area contributed by atoms with Crippen LogP contribution in [0.2, 0.25) is 0 Å². The van der Waals surface area contributed by atoms with Gasteiger partial charge in [0.25, 0.3) is 0 Å². The Balaban J connectivity index is 1.93. The monoisotopic (exact) mass is 261 g/mol. The highest BCUT2D eigenvalue weighted by atomic mass is 15.2. The fraction of sp³-hybridized carbons (Fsp3) is 0.625. The van der Waals surface area contributed by atoms with Crippen molar-refractivity contribution in [2.45, 2.75) is 38.3 Å². The highest BCUT2D eigenvalue weighted by Gasteiger charge is 2.19. The van der Waals surface area contributed by atoms with Crippen molar-refractivity contribution in [3.63, 3.8) is 0 Å². The summed E-state index contributed by atoms with van der Waals surface area (Å²) in [7, 11) is 2.18. The standard InChI is InChI=1S/C16H27N3/c1-12(2)13-4-6-14(7-5-13)16(17)10-15-11-19(3)9-8-18-15/h4-7,12,15-16,18H,8-11,17H2,1-3H3. The molecule has 3 nitrogen and oxygen atoms in total. The van der Waals surface area contributed by atoms with Gasteiger partial charge in [0.15, 0.2) is 0 Å².